The first kappa shape index (κ1) is 43.6. The molecule has 4 heterocycles. The third-order valence-corrected chi connectivity index (χ3v) is 18.0. The van der Waals surface area contributed by atoms with Gasteiger partial charge in [0, 0.05) is 34.4 Å². The van der Waals surface area contributed by atoms with E-state index in [9.17, 15) is 0 Å². The summed E-state index contributed by atoms with van der Waals surface area (Å²) >= 11 is 0. The maximum atomic E-state index is 6.93. The average molecular weight is 999 g/mol. The Kier molecular flexibility index (Phi) is 8.68. The highest BCUT2D eigenvalue weighted by Crippen LogP contribution is 2.82. The summed E-state index contributed by atoms with van der Waals surface area (Å²) in [6, 6.07) is 87.6. The zero-order chi connectivity index (χ0) is 51.6. The van der Waals surface area contributed by atoms with E-state index in [0.29, 0.717) is 0 Å². The average Bonchev–Trinajstić information content (AvgIpc) is 1.58. The molecule has 4 aliphatic rings. The lowest BCUT2D eigenvalue weighted by atomic mass is 9.35. The Bertz CT molecular complexity index is 4730. The molecule has 3 atom stereocenters. The predicted octanol–water partition coefficient (Wildman–Crippen LogP) is 16.7. The molecular formula is C73H50N4O. The number of aromatic nitrogens is 4. The summed E-state index contributed by atoms with van der Waals surface area (Å²) in [6.45, 7) is 6.74. The number of nitrogens with zero attached hydrogens (tertiary/aromatic N) is 4. The molecule has 0 bridgehead atoms. The van der Waals surface area contributed by atoms with Gasteiger partial charge in [-0.15, -0.1) is 0 Å². The quantitative estimate of drug-likeness (QED) is 0.127. The van der Waals surface area contributed by atoms with Gasteiger partial charge in [-0.25, -0.2) is 4.98 Å². The Morgan fingerprint density at radius 1 is 0.487 bits per heavy atom. The number of imidazole rings is 1. The van der Waals surface area contributed by atoms with Crippen LogP contribution in [0, 0.1) is 6.33 Å². The van der Waals surface area contributed by atoms with Crippen molar-refractivity contribution in [2.75, 3.05) is 0 Å². The van der Waals surface area contributed by atoms with Crippen LogP contribution in [0.1, 0.15) is 71.2 Å². The van der Waals surface area contributed by atoms with Crippen LogP contribution in [0.2, 0.25) is 0 Å². The molecule has 5 nitrogen and oxygen atoms in total. The Balaban J connectivity index is 0.881. The molecule has 17 rings (SSSR count). The number of benzene rings is 10. The van der Waals surface area contributed by atoms with E-state index >= 15 is 0 Å². The second-order valence-corrected chi connectivity index (χ2v) is 22.7. The molecular weight excluding hydrogens is 949 g/mol. The topological polar surface area (TPSA) is 35.9 Å². The first-order valence-corrected chi connectivity index (χ1v) is 27.2. The van der Waals surface area contributed by atoms with E-state index in [1.165, 1.54) is 77.7 Å². The van der Waals surface area contributed by atoms with Crippen molar-refractivity contribution in [3.05, 3.63) is 294 Å². The van der Waals surface area contributed by atoms with Crippen molar-refractivity contribution in [3.63, 3.8) is 0 Å². The number of fused-ring (bicyclic) bond motifs is 17. The molecule has 368 valence electrons. The maximum absolute atomic E-state index is 6.93. The monoisotopic (exact) mass is 998 g/mol. The van der Waals surface area contributed by atoms with Gasteiger partial charge in [-0.2, -0.15) is 0 Å². The third-order valence-electron chi connectivity index (χ3n) is 18.0. The van der Waals surface area contributed by atoms with Crippen LogP contribution >= 0.6 is 0 Å². The third kappa shape index (κ3) is 5.45. The van der Waals surface area contributed by atoms with Crippen molar-refractivity contribution >= 4 is 32.8 Å². The molecule has 3 aromatic heterocycles. The van der Waals surface area contributed by atoms with Gasteiger partial charge >= 0.3 is 0 Å². The van der Waals surface area contributed by atoms with Crippen LogP contribution in [0.15, 0.2) is 243 Å². The number of pyridine rings is 1. The molecule has 0 amide bonds. The standard InChI is InChI=1S/C73H50N4O/c1-71(2,3)45-39-40-74-67(41-45)77-64-35-15-9-24-52(64)53-38-37-48(43-66(53)77)78-47-20-16-19-46(42-47)75-44-76-63-34-14-8-23-51(63)49-21-4-5-22-50(49)54-27-17-33-62(68(54)57-28-18-36-65(75)70(57)76)72-58-29-10-6-25-55(58)69-56-26-7-11-30-59(56)73(69,72)61-32-13-12-31-60(61)72/h4-43,69H,1-3H3. The zero-order valence-electron chi connectivity index (χ0n) is 43.4. The van der Waals surface area contributed by atoms with Gasteiger partial charge in [0.2, 0.25) is 0 Å². The van der Waals surface area contributed by atoms with Crippen LogP contribution in [0.3, 0.4) is 0 Å². The Hall–Kier alpha value is -9.58. The largest absolute Gasteiger partial charge is 0.458 e. The van der Waals surface area contributed by atoms with Crippen molar-refractivity contribution < 1.29 is 9.30 Å². The number of rotatable bonds is 5. The number of ether oxygens (including phenoxy) is 1. The zero-order valence-corrected chi connectivity index (χ0v) is 43.4. The molecule has 0 radical (unpaired) electrons. The second-order valence-electron chi connectivity index (χ2n) is 22.7. The number of hydrogen-bond acceptors (Lipinski definition) is 2. The van der Waals surface area contributed by atoms with Crippen LogP contribution in [0.5, 0.6) is 11.5 Å². The molecule has 3 unspecified atom stereocenters. The van der Waals surface area contributed by atoms with Gasteiger partial charge in [0.05, 0.1) is 38.9 Å². The predicted molar refractivity (Wildman–Crippen MR) is 313 cm³/mol. The van der Waals surface area contributed by atoms with Crippen LogP contribution in [0.4, 0.5) is 0 Å². The lowest BCUT2D eigenvalue weighted by Crippen LogP contribution is -2.64. The van der Waals surface area contributed by atoms with Crippen LogP contribution in [-0.2, 0) is 16.2 Å². The highest BCUT2D eigenvalue weighted by molar-refractivity contribution is 6.10. The van der Waals surface area contributed by atoms with Crippen molar-refractivity contribution in [3.8, 4) is 62.1 Å². The summed E-state index contributed by atoms with van der Waals surface area (Å²) in [6.07, 6.45) is 5.92. The first-order chi connectivity index (χ1) is 38.3. The molecule has 3 aliphatic carbocycles. The molecule has 10 aromatic carbocycles. The second kappa shape index (κ2) is 15.5. The normalized spacial score (nSPS) is 17.9. The van der Waals surface area contributed by atoms with Crippen molar-refractivity contribution in [2.45, 2.75) is 42.9 Å². The first-order valence-electron chi connectivity index (χ1n) is 27.2. The molecule has 1 aliphatic heterocycles. The van der Waals surface area contributed by atoms with Gasteiger partial charge in [0.15, 0.2) is 0 Å². The van der Waals surface area contributed by atoms with Gasteiger partial charge in [0.25, 0.3) is 6.33 Å². The molecule has 0 fully saturated rings. The highest BCUT2D eigenvalue weighted by atomic mass is 16.5. The van der Waals surface area contributed by atoms with E-state index in [4.69, 9.17) is 9.72 Å². The smallest absolute Gasteiger partial charge is 0.269 e. The fourth-order valence-electron chi connectivity index (χ4n) is 15.0. The molecule has 5 heteroatoms. The Morgan fingerprint density at radius 3 is 1.95 bits per heavy atom. The summed E-state index contributed by atoms with van der Waals surface area (Å²) in [5.41, 5.74) is 23.8. The van der Waals surface area contributed by atoms with Gasteiger partial charge < -0.3 is 4.74 Å². The van der Waals surface area contributed by atoms with E-state index in [-0.39, 0.29) is 16.7 Å². The van der Waals surface area contributed by atoms with E-state index in [1.54, 1.807) is 0 Å². The molecule has 1 spiro atoms. The lowest BCUT2D eigenvalue weighted by Gasteiger charge is -2.65. The van der Waals surface area contributed by atoms with Crippen LogP contribution < -0.4 is 9.30 Å². The summed E-state index contributed by atoms with van der Waals surface area (Å²) in [4.78, 5) is 4.94. The van der Waals surface area contributed by atoms with Crippen LogP contribution in [0.25, 0.3) is 83.4 Å². The Labute approximate surface area is 452 Å². The highest BCUT2D eigenvalue weighted by Gasteiger charge is 2.78. The lowest BCUT2D eigenvalue weighted by molar-refractivity contribution is -0.571. The number of hydrogen-bond donors (Lipinski definition) is 0. The van der Waals surface area contributed by atoms with E-state index < -0.39 is 5.41 Å². The van der Waals surface area contributed by atoms with E-state index in [1.807, 2.05) is 12.3 Å². The van der Waals surface area contributed by atoms with Crippen molar-refractivity contribution in [1.82, 2.24) is 14.1 Å². The minimum absolute atomic E-state index is 0.0292. The summed E-state index contributed by atoms with van der Waals surface area (Å²) < 4.78 is 13.8. The SMILES string of the molecule is CC(C)(C)c1ccnc(-n2c3ccccc3c3ccc(Oc4cccc(-n5[c-][n+]6c7c(cccc75)-c5c(cccc5C57c8ccccc8C8c9ccccc9C85c5ccccc57)-c5ccccc5-c5ccccc5-6)c4)cc32)c1. The molecule has 0 saturated heterocycles. The molecule has 78 heavy (non-hydrogen) atoms. The van der Waals surface area contributed by atoms with E-state index in [0.717, 1.165) is 61.7 Å². The molecule has 0 saturated carbocycles. The molecule has 0 N–H and O–H groups in total. The van der Waals surface area contributed by atoms with Gasteiger partial charge in [0.1, 0.15) is 17.3 Å². The van der Waals surface area contributed by atoms with Gasteiger partial charge in [-0.3, -0.25) is 13.7 Å². The summed E-state index contributed by atoms with van der Waals surface area (Å²) in [5.74, 6) is 2.60. The number of para-hydroxylation sites is 3. The van der Waals surface area contributed by atoms with Gasteiger partial charge in [-0.1, -0.05) is 197 Å². The minimum Gasteiger partial charge on any atom is -0.458 e. The fourth-order valence-corrected chi connectivity index (χ4v) is 15.0. The summed E-state index contributed by atoms with van der Waals surface area (Å²) in [5, 5.41) is 2.32. The van der Waals surface area contributed by atoms with Crippen LogP contribution in [-0.4, -0.2) is 14.1 Å². The van der Waals surface area contributed by atoms with Crippen molar-refractivity contribution in [2.24, 2.45) is 0 Å². The Morgan fingerprint density at radius 2 is 1.10 bits per heavy atom. The maximum Gasteiger partial charge on any atom is 0.269 e. The summed E-state index contributed by atoms with van der Waals surface area (Å²) in [7, 11) is 0. The minimum atomic E-state index is -0.463. The van der Waals surface area contributed by atoms with Crippen molar-refractivity contribution in [1.29, 1.82) is 0 Å². The van der Waals surface area contributed by atoms with E-state index in [2.05, 4.69) is 271 Å². The fraction of sp³-hybridized carbons (Fsp3) is 0.0959. The van der Waals surface area contributed by atoms with Gasteiger partial charge in [-0.05, 0) is 138 Å². The molecule has 13 aromatic rings.